The highest BCUT2D eigenvalue weighted by atomic mass is 16.5. The van der Waals surface area contributed by atoms with Gasteiger partial charge in [-0.2, -0.15) is 0 Å². The molecule has 1 amide bonds. The number of nitrogens with two attached hydrogens (primary N) is 1. The molecule has 0 spiro atoms. The van der Waals surface area contributed by atoms with Gasteiger partial charge in [0, 0.05) is 18.0 Å². The highest BCUT2D eigenvalue weighted by molar-refractivity contribution is 5.95. The van der Waals surface area contributed by atoms with Crippen LogP contribution in [0.4, 0.5) is 11.4 Å². The first-order valence-corrected chi connectivity index (χ1v) is 5.46. The Morgan fingerprint density at radius 3 is 3.06 bits per heavy atom. The fourth-order valence-corrected chi connectivity index (χ4v) is 1.79. The van der Waals surface area contributed by atoms with Gasteiger partial charge in [0.15, 0.2) is 0 Å². The van der Waals surface area contributed by atoms with Crippen molar-refractivity contribution in [2.75, 3.05) is 17.7 Å². The van der Waals surface area contributed by atoms with Crippen molar-refractivity contribution in [3.8, 4) is 0 Å². The molecule has 0 saturated carbocycles. The zero-order valence-electron chi connectivity index (χ0n) is 9.32. The van der Waals surface area contributed by atoms with E-state index in [-0.39, 0.29) is 12.0 Å². The second-order valence-electron chi connectivity index (χ2n) is 4.01. The number of ether oxygens (including phenoxy) is 1. The first kappa shape index (κ1) is 11.0. The van der Waals surface area contributed by atoms with Crippen LogP contribution in [0.1, 0.15) is 18.4 Å². The molecule has 1 aliphatic rings. The quantitative estimate of drug-likeness (QED) is 0.745. The fraction of sp³-hybridized carbons (Fsp3) is 0.417. The summed E-state index contributed by atoms with van der Waals surface area (Å²) in [5.74, 6) is -0.0776. The van der Waals surface area contributed by atoms with Crippen LogP contribution in [-0.2, 0) is 9.53 Å². The van der Waals surface area contributed by atoms with Gasteiger partial charge in [0.1, 0.15) is 6.10 Å². The first-order chi connectivity index (χ1) is 7.68. The van der Waals surface area contributed by atoms with Gasteiger partial charge in [0.25, 0.3) is 5.91 Å². The van der Waals surface area contributed by atoms with Crippen LogP contribution in [0.25, 0.3) is 0 Å². The molecule has 1 heterocycles. The predicted molar refractivity (Wildman–Crippen MR) is 63.2 cm³/mol. The summed E-state index contributed by atoms with van der Waals surface area (Å²) in [6, 6.07) is 5.49. The number of hydrogen-bond acceptors (Lipinski definition) is 3. The summed E-state index contributed by atoms with van der Waals surface area (Å²) in [5.41, 5.74) is 8.11. The third-order valence-electron chi connectivity index (χ3n) is 2.86. The Bertz CT molecular complexity index is 398. The first-order valence-electron chi connectivity index (χ1n) is 5.46. The Kier molecular flexibility index (Phi) is 3.10. The van der Waals surface area contributed by atoms with E-state index in [1.165, 1.54) is 0 Å². The van der Waals surface area contributed by atoms with Gasteiger partial charge in [-0.1, -0.05) is 6.07 Å². The lowest BCUT2D eigenvalue weighted by atomic mass is 10.1. The van der Waals surface area contributed by atoms with Crippen LogP contribution in [0, 0.1) is 6.92 Å². The Balaban J connectivity index is 2.08. The molecule has 0 radical (unpaired) electrons. The number of anilines is 2. The summed E-state index contributed by atoms with van der Waals surface area (Å²) < 4.78 is 5.31. The Morgan fingerprint density at radius 1 is 1.56 bits per heavy atom. The van der Waals surface area contributed by atoms with Crippen molar-refractivity contribution in [3.05, 3.63) is 23.8 Å². The number of nitrogen functional groups attached to an aromatic ring is 1. The van der Waals surface area contributed by atoms with Gasteiger partial charge in [-0.05, 0) is 37.5 Å². The minimum absolute atomic E-state index is 0.0776. The largest absolute Gasteiger partial charge is 0.398 e. The van der Waals surface area contributed by atoms with E-state index < -0.39 is 0 Å². The van der Waals surface area contributed by atoms with Gasteiger partial charge in [0.05, 0.1) is 0 Å². The fourth-order valence-electron chi connectivity index (χ4n) is 1.79. The van der Waals surface area contributed by atoms with Crippen molar-refractivity contribution in [1.29, 1.82) is 0 Å². The molecule has 1 atom stereocenters. The van der Waals surface area contributed by atoms with Gasteiger partial charge in [-0.3, -0.25) is 4.79 Å². The molecule has 3 N–H and O–H groups in total. The standard InChI is InChI=1S/C12H16N2O2/c1-8-9(13)4-2-5-10(8)14-12(15)11-6-3-7-16-11/h2,4-5,11H,3,6-7,13H2,1H3,(H,14,15)/t11-/m0/s1. The summed E-state index contributed by atoms with van der Waals surface area (Å²) >= 11 is 0. The van der Waals surface area contributed by atoms with E-state index in [1.807, 2.05) is 25.1 Å². The molecule has 2 rings (SSSR count). The molecular formula is C12H16N2O2. The van der Waals surface area contributed by atoms with E-state index in [4.69, 9.17) is 10.5 Å². The van der Waals surface area contributed by atoms with Crippen LogP contribution in [0.3, 0.4) is 0 Å². The maximum Gasteiger partial charge on any atom is 0.253 e. The van der Waals surface area contributed by atoms with Crippen molar-refractivity contribution in [3.63, 3.8) is 0 Å². The maximum atomic E-state index is 11.8. The van der Waals surface area contributed by atoms with Gasteiger partial charge in [0.2, 0.25) is 0 Å². The molecule has 0 unspecified atom stereocenters. The lowest BCUT2D eigenvalue weighted by molar-refractivity contribution is -0.124. The minimum Gasteiger partial charge on any atom is -0.398 e. The van der Waals surface area contributed by atoms with E-state index in [2.05, 4.69) is 5.32 Å². The molecule has 1 saturated heterocycles. The number of amides is 1. The van der Waals surface area contributed by atoms with E-state index in [9.17, 15) is 4.79 Å². The van der Waals surface area contributed by atoms with E-state index >= 15 is 0 Å². The van der Waals surface area contributed by atoms with Crippen LogP contribution in [0.2, 0.25) is 0 Å². The summed E-state index contributed by atoms with van der Waals surface area (Å²) in [6.45, 7) is 2.56. The minimum atomic E-state index is -0.305. The third kappa shape index (κ3) is 2.17. The van der Waals surface area contributed by atoms with Gasteiger partial charge in [-0.15, -0.1) is 0 Å². The number of nitrogens with one attached hydrogen (secondary N) is 1. The van der Waals surface area contributed by atoms with Crippen molar-refractivity contribution in [1.82, 2.24) is 0 Å². The molecule has 86 valence electrons. The van der Waals surface area contributed by atoms with Crippen LogP contribution in [0.15, 0.2) is 18.2 Å². The summed E-state index contributed by atoms with van der Waals surface area (Å²) in [5, 5.41) is 2.85. The average molecular weight is 220 g/mol. The van der Waals surface area contributed by atoms with E-state index in [0.717, 1.165) is 24.1 Å². The van der Waals surface area contributed by atoms with Gasteiger partial charge >= 0.3 is 0 Å². The van der Waals surface area contributed by atoms with Crippen molar-refractivity contribution >= 4 is 17.3 Å². The van der Waals surface area contributed by atoms with Crippen LogP contribution < -0.4 is 11.1 Å². The SMILES string of the molecule is Cc1c(N)cccc1NC(=O)[C@@H]1CCCO1. The van der Waals surface area contributed by atoms with Crippen molar-refractivity contribution in [2.45, 2.75) is 25.9 Å². The average Bonchev–Trinajstić information content (AvgIpc) is 2.78. The molecular weight excluding hydrogens is 204 g/mol. The zero-order chi connectivity index (χ0) is 11.5. The zero-order valence-corrected chi connectivity index (χ0v) is 9.32. The van der Waals surface area contributed by atoms with Gasteiger partial charge in [-0.25, -0.2) is 0 Å². The van der Waals surface area contributed by atoms with Crippen molar-refractivity contribution in [2.24, 2.45) is 0 Å². The lowest BCUT2D eigenvalue weighted by Crippen LogP contribution is -2.27. The molecule has 1 aromatic rings. The second kappa shape index (κ2) is 4.53. The lowest BCUT2D eigenvalue weighted by Gasteiger charge is -2.13. The number of hydrogen-bond donors (Lipinski definition) is 2. The highest BCUT2D eigenvalue weighted by Crippen LogP contribution is 2.22. The van der Waals surface area contributed by atoms with Crippen LogP contribution in [-0.4, -0.2) is 18.6 Å². The predicted octanol–water partition coefficient (Wildman–Crippen LogP) is 1.69. The molecule has 1 aliphatic heterocycles. The molecule has 16 heavy (non-hydrogen) atoms. The number of carbonyl (C=O) groups excluding carboxylic acids is 1. The molecule has 0 aromatic heterocycles. The summed E-state index contributed by atoms with van der Waals surface area (Å²) in [4.78, 5) is 11.8. The number of carbonyl (C=O) groups is 1. The smallest absolute Gasteiger partial charge is 0.253 e. The summed E-state index contributed by atoms with van der Waals surface area (Å²) in [7, 11) is 0. The molecule has 0 bridgehead atoms. The number of benzene rings is 1. The Hall–Kier alpha value is -1.55. The Labute approximate surface area is 94.8 Å². The molecule has 0 aliphatic carbocycles. The maximum absolute atomic E-state index is 11.8. The summed E-state index contributed by atoms with van der Waals surface area (Å²) in [6.07, 6.45) is 1.45. The molecule has 4 nitrogen and oxygen atoms in total. The van der Waals surface area contributed by atoms with E-state index in [1.54, 1.807) is 0 Å². The topological polar surface area (TPSA) is 64.3 Å². The van der Waals surface area contributed by atoms with Gasteiger partial charge < -0.3 is 15.8 Å². The highest BCUT2D eigenvalue weighted by Gasteiger charge is 2.23. The molecule has 4 heteroatoms. The van der Waals surface area contributed by atoms with E-state index in [0.29, 0.717) is 12.3 Å². The van der Waals surface area contributed by atoms with Crippen LogP contribution in [0.5, 0.6) is 0 Å². The Morgan fingerprint density at radius 2 is 2.38 bits per heavy atom. The number of rotatable bonds is 2. The molecule has 1 fully saturated rings. The monoisotopic (exact) mass is 220 g/mol. The second-order valence-corrected chi connectivity index (χ2v) is 4.01. The normalized spacial score (nSPS) is 19.7. The van der Waals surface area contributed by atoms with Crippen LogP contribution >= 0.6 is 0 Å². The molecule has 1 aromatic carbocycles. The third-order valence-corrected chi connectivity index (χ3v) is 2.86. The van der Waals surface area contributed by atoms with Crippen molar-refractivity contribution < 1.29 is 9.53 Å².